The SMILES string of the molecule is CCCCOc1ncc(F)cc1CCl. The molecule has 0 atom stereocenters. The van der Waals surface area contributed by atoms with E-state index in [4.69, 9.17) is 16.3 Å². The lowest BCUT2D eigenvalue weighted by molar-refractivity contribution is 0.294. The van der Waals surface area contributed by atoms with Crippen LogP contribution in [0.2, 0.25) is 0 Å². The maximum absolute atomic E-state index is 12.7. The Morgan fingerprint density at radius 1 is 1.57 bits per heavy atom. The van der Waals surface area contributed by atoms with E-state index in [1.807, 2.05) is 0 Å². The monoisotopic (exact) mass is 217 g/mol. The lowest BCUT2D eigenvalue weighted by Crippen LogP contribution is -2.01. The zero-order valence-corrected chi connectivity index (χ0v) is 8.85. The average Bonchev–Trinajstić information content (AvgIpc) is 2.20. The van der Waals surface area contributed by atoms with Gasteiger partial charge in [0.15, 0.2) is 0 Å². The summed E-state index contributed by atoms with van der Waals surface area (Å²) in [6.45, 7) is 2.67. The number of halogens is 2. The second-order valence-corrected chi connectivity index (χ2v) is 3.22. The molecule has 1 rings (SSSR count). The molecule has 0 spiro atoms. The molecule has 0 bridgehead atoms. The molecule has 1 heterocycles. The van der Waals surface area contributed by atoms with E-state index in [1.165, 1.54) is 6.07 Å². The Morgan fingerprint density at radius 3 is 3.00 bits per heavy atom. The summed E-state index contributed by atoms with van der Waals surface area (Å²) in [5.41, 5.74) is 0.600. The lowest BCUT2D eigenvalue weighted by atomic mass is 10.3. The van der Waals surface area contributed by atoms with Gasteiger partial charge in [0.1, 0.15) is 5.82 Å². The van der Waals surface area contributed by atoms with Crippen molar-refractivity contribution in [1.29, 1.82) is 0 Å². The summed E-state index contributed by atoms with van der Waals surface area (Å²) in [4.78, 5) is 3.84. The number of pyridine rings is 1. The van der Waals surface area contributed by atoms with Crippen LogP contribution >= 0.6 is 11.6 Å². The van der Waals surface area contributed by atoms with Crippen LogP contribution in [0.5, 0.6) is 5.88 Å². The van der Waals surface area contributed by atoms with Gasteiger partial charge in [-0.15, -0.1) is 11.6 Å². The van der Waals surface area contributed by atoms with Crippen LogP contribution in [0.1, 0.15) is 25.3 Å². The third-order valence-electron chi connectivity index (χ3n) is 1.77. The standard InChI is InChI=1S/C10H13ClFNO/c1-2-3-4-14-10-8(6-11)5-9(12)7-13-10/h5,7H,2-4,6H2,1H3. The number of aromatic nitrogens is 1. The van der Waals surface area contributed by atoms with Crippen LogP contribution in [-0.2, 0) is 5.88 Å². The largest absolute Gasteiger partial charge is 0.477 e. The van der Waals surface area contributed by atoms with Crippen LogP contribution in [0.25, 0.3) is 0 Å². The number of ether oxygens (including phenoxy) is 1. The third kappa shape index (κ3) is 3.14. The van der Waals surface area contributed by atoms with Crippen molar-refractivity contribution in [1.82, 2.24) is 4.98 Å². The van der Waals surface area contributed by atoms with Crippen molar-refractivity contribution in [2.24, 2.45) is 0 Å². The highest BCUT2D eigenvalue weighted by molar-refractivity contribution is 6.17. The van der Waals surface area contributed by atoms with E-state index >= 15 is 0 Å². The summed E-state index contributed by atoms with van der Waals surface area (Å²) in [5, 5.41) is 0. The smallest absolute Gasteiger partial charge is 0.217 e. The fraction of sp³-hybridized carbons (Fsp3) is 0.500. The molecule has 0 N–H and O–H groups in total. The first-order valence-electron chi connectivity index (χ1n) is 4.61. The molecule has 4 heteroatoms. The van der Waals surface area contributed by atoms with E-state index in [0.717, 1.165) is 19.0 Å². The van der Waals surface area contributed by atoms with Crippen molar-refractivity contribution in [3.8, 4) is 5.88 Å². The number of unbranched alkanes of at least 4 members (excludes halogenated alkanes) is 1. The van der Waals surface area contributed by atoms with Crippen molar-refractivity contribution < 1.29 is 9.13 Å². The van der Waals surface area contributed by atoms with Gasteiger partial charge in [-0.05, 0) is 12.5 Å². The van der Waals surface area contributed by atoms with Crippen LogP contribution in [0.15, 0.2) is 12.3 Å². The Bertz CT molecular complexity index is 293. The van der Waals surface area contributed by atoms with Crippen molar-refractivity contribution in [2.75, 3.05) is 6.61 Å². The van der Waals surface area contributed by atoms with E-state index < -0.39 is 0 Å². The normalized spacial score (nSPS) is 10.2. The second kappa shape index (κ2) is 5.81. The minimum atomic E-state index is -0.386. The number of nitrogens with zero attached hydrogens (tertiary/aromatic N) is 1. The van der Waals surface area contributed by atoms with E-state index in [9.17, 15) is 4.39 Å². The average molecular weight is 218 g/mol. The van der Waals surface area contributed by atoms with Crippen molar-refractivity contribution in [2.45, 2.75) is 25.6 Å². The summed E-state index contributed by atoms with van der Waals surface area (Å²) in [5.74, 6) is 0.269. The summed E-state index contributed by atoms with van der Waals surface area (Å²) in [6.07, 6.45) is 3.15. The number of hydrogen-bond donors (Lipinski definition) is 0. The molecule has 0 aromatic carbocycles. The molecule has 0 aliphatic heterocycles. The Balaban J connectivity index is 2.65. The van der Waals surface area contributed by atoms with Crippen LogP contribution in [0, 0.1) is 5.82 Å². The number of alkyl halides is 1. The van der Waals surface area contributed by atoms with Gasteiger partial charge in [-0.25, -0.2) is 9.37 Å². The fourth-order valence-electron chi connectivity index (χ4n) is 1.01. The molecule has 14 heavy (non-hydrogen) atoms. The zero-order chi connectivity index (χ0) is 10.4. The number of rotatable bonds is 5. The van der Waals surface area contributed by atoms with Gasteiger partial charge in [-0.3, -0.25) is 0 Å². The Kier molecular flexibility index (Phi) is 4.66. The van der Waals surface area contributed by atoms with Crippen LogP contribution in [0.3, 0.4) is 0 Å². The second-order valence-electron chi connectivity index (χ2n) is 2.95. The summed E-state index contributed by atoms with van der Waals surface area (Å²) < 4.78 is 18.1. The molecule has 0 saturated carbocycles. The minimum Gasteiger partial charge on any atom is -0.477 e. The molecule has 0 aliphatic rings. The molecule has 78 valence electrons. The van der Waals surface area contributed by atoms with Gasteiger partial charge in [-0.1, -0.05) is 13.3 Å². The first-order valence-corrected chi connectivity index (χ1v) is 5.14. The van der Waals surface area contributed by atoms with Crippen LogP contribution in [0.4, 0.5) is 4.39 Å². The highest BCUT2D eigenvalue weighted by Crippen LogP contribution is 2.18. The van der Waals surface area contributed by atoms with Crippen molar-refractivity contribution >= 4 is 11.6 Å². The van der Waals surface area contributed by atoms with Crippen molar-refractivity contribution in [3.05, 3.63) is 23.6 Å². The number of hydrogen-bond acceptors (Lipinski definition) is 2. The van der Waals surface area contributed by atoms with Gasteiger partial charge in [0.05, 0.1) is 18.7 Å². The van der Waals surface area contributed by atoms with Gasteiger partial charge in [0, 0.05) is 5.56 Å². The van der Waals surface area contributed by atoms with Gasteiger partial charge in [-0.2, -0.15) is 0 Å². The fourth-order valence-corrected chi connectivity index (χ4v) is 1.20. The van der Waals surface area contributed by atoms with E-state index in [2.05, 4.69) is 11.9 Å². The predicted octanol–water partition coefficient (Wildman–Crippen LogP) is 3.14. The molecule has 1 aromatic rings. The van der Waals surface area contributed by atoms with Gasteiger partial charge >= 0.3 is 0 Å². The van der Waals surface area contributed by atoms with E-state index in [1.54, 1.807) is 0 Å². The van der Waals surface area contributed by atoms with Gasteiger partial charge in [0.2, 0.25) is 5.88 Å². The first kappa shape index (κ1) is 11.2. The van der Waals surface area contributed by atoms with E-state index in [-0.39, 0.29) is 11.7 Å². The Labute approximate surface area is 88.1 Å². The molecule has 1 aromatic heterocycles. The topological polar surface area (TPSA) is 22.1 Å². The Morgan fingerprint density at radius 2 is 2.36 bits per heavy atom. The van der Waals surface area contributed by atoms with Crippen LogP contribution in [-0.4, -0.2) is 11.6 Å². The quantitative estimate of drug-likeness (QED) is 0.559. The molecule has 2 nitrogen and oxygen atoms in total. The predicted molar refractivity (Wildman–Crippen MR) is 54.2 cm³/mol. The molecule has 0 aliphatic carbocycles. The first-order chi connectivity index (χ1) is 6.77. The van der Waals surface area contributed by atoms with E-state index in [0.29, 0.717) is 18.1 Å². The molecule has 0 saturated heterocycles. The summed E-state index contributed by atoms with van der Waals surface area (Å²) in [7, 11) is 0. The summed E-state index contributed by atoms with van der Waals surface area (Å²) >= 11 is 5.63. The molecule has 0 amide bonds. The molecule has 0 unspecified atom stereocenters. The maximum atomic E-state index is 12.7. The van der Waals surface area contributed by atoms with Gasteiger partial charge < -0.3 is 4.74 Å². The third-order valence-corrected chi connectivity index (χ3v) is 2.06. The molecule has 0 fully saturated rings. The summed E-state index contributed by atoms with van der Waals surface area (Å²) in [6, 6.07) is 1.35. The lowest BCUT2D eigenvalue weighted by Gasteiger charge is -2.07. The highest BCUT2D eigenvalue weighted by Gasteiger charge is 2.05. The zero-order valence-electron chi connectivity index (χ0n) is 8.09. The van der Waals surface area contributed by atoms with Gasteiger partial charge in [0.25, 0.3) is 0 Å². The highest BCUT2D eigenvalue weighted by atomic mass is 35.5. The molecular weight excluding hydrogens is 205 g/mol. The Hall–Kier alpha value is -0.830. The van der Waals surface area contributed by atoms with Crippen molar-refractivity contribution in [3.63, 3.8) is 0 Å². The van der Waals surface area contributed by atoms with Crippen LogP contribution < -0.4 is 4.74 Å². The maximum Gasteiger partial charge on any atom is 0.217 e. The minimum absolute atomic E-state index is 0.215. The molecular formula is C10H13ClFNO. The molecule has 0 radical (unpaired) electrons.